The van der Waals surface area contributed by atoms with Crippen molar-refractivity contribution < 1.29 is 10.0 Å². The van der Waals surface area contributed by atoms with E-state index in [1.165, 1.54) is 6.07 Å². The molecule has 0 saturated heterocycles. The lowest BCUT2D eigenvalue weighted by atomic mass is 9.86. The van der Waals surface area contributed by atoms with E-state index in [1.807, 2.05) is 0 Å². The number of pyridine rings is 1. The minimum absolute atomic E-state index is 0.0991. The minimum atomic E-state index is -1.05. The number of nitro groups is 1. The summed E-state index contributed by atoms with van der Waals surface area (Å²) in [6.45, 7) is 8.57. The zero-order valence-electron chi connectivity index (χ0n) is 11.3. The van der Waals surface area contributed by atoms with Gasteiger partial charge in [0.25, 0.3) is 0 Å². The average molecular weight is 253 g/mol. The Kier molecular flexibility index (Phi) is 3.62. The van der Waals surface area contributed by atoms with Gasteiger partial charge < -0.3 is 10.4 Å². The molecule has 6 nitrogen and oxygen atoms in total. The molecule has 0 amide bonds. The topological polar surface area (TPSA) is 88.3 Å². The van der Waals surface area contributed by atoms with Crippen molar-refractivity contribution in [2.45, 2.75) is 45.8 Å². The fraction of sp³-hybridized carbons (Fsp3) is 0.583. The summed E-state index contributed by atoms with van der Waals surface area (Å²) in [5.74, 6) is 0.173. The number of anilines is 1. The lowest BCUT2D eigenvalue weighted by molar-refractivity contribution is -0.384. The van der Waals surface area contributed by atoms with Gasteiger partial charge in [0.2, 0.25) is 5.82 Å². The predicted molar refractivity (Wildman–Crippen MR) is 69.6 cm³/mol. The zero-order chi connectivity index (χ0) is 14.1. The number of rotatable bonds is 4. The second kappa shape index (κ2) is 4.53. The average Bonchev–Trinajstić information content (AvgIpc) is 2.14. The summed E-state index contributed by atoms with van der Waals surface area (Å²) in [6, 6.07) is 2.99. The van der Waals surface area contributed by atoms with Crippen molar-refractivity contribution in [3.63, 3.8) is 0 Å². The first-order chi connectivity index (χ1) is 8.04. The van der Waals surface area contributed by atoms with E-state index in [0.717, 1.165) is 0 Å². The van der Waals surface area contributed by atoms with E-state index in [4.69, 9.17) is 0 Å². The molecule has 0 aliphatic carbocycles. The summed E-state index contributed by atoms with van der Waals surface area (Å²) in [5.41, 5.74) is -1.22. The van der Waals surface area contributed by atoms with Crippen molar-refractivity contribution in [1.82, 2.24) is 4.98 Å². The van der Waals surface area contributed by atoms with E-state index in [2.05, 4.69) is 10.3 Å². The van der Waals surface area contributed by atoms with E-state index < -0.39 is 16.1 Å². The summed E-state index contributed by atoms with van der Waals surface area (Å²) in [5, 5.41) is 23.9. The Bertz CT molecular complexity index is 464. The van der Waals surface area contributed by atoms with Gasteiger partial charge in [0.05, 0.1) is 16.1 Å². The second-order valence-corrected chi connectivity index (χ2v) is 5.39. The van der Waals surface area contributed by atoms with Crippen LogP contribution in [0.15, 0.2) is 12.1 Å². The molecule has 1 aromatic rings. The lowest BCUT2D eigenvalue weighted by Gasteiger charge is -2.38. The number of aryl methyl sites for hydroxylation is 1. The van der Waals surface area contributed by atoms with Crippen LogP contribution in [-0.4, -0.2) is 26.2 Å². The Morgan fingerprint density at radius 3 is 2.33 bits per heavy atom. The number of nitrogens with zero attached hydrogens (tertiary/aromatic N) is 2. The molecule has 6 heteroatoms. The third-order valence-corrected chi connectivity index (χ3v) is 3.17. The summed E-state index contributed by atoms with van der Waals surface area (Å²) in [7, 11) is 0. The molecule has 1 rings (SSSR count). The van der Waals surface area contributed by atoms with Gasteiger partial charge >= 0.3 is 5.69 Å². The number of hydrogen-bond donors (Lipinski definition) is 2. The third kappa shape index (κ3) is 2.95. The van der Waals surface area contributed by atoms with Crippen LogP contribution < -0.4 is 5.32 Å². The molecule has 0 aliphatic heterocycles. The summed E-state index contributed by atoms with van der Waals surface area (Å²) < 4.78 is 0. The maximum Gasteiger partial charge on any atom is 0.311 e. The molecule has 0 atom stereocenters. The fourth-order valence-corrected chi connectivity index (χ4v) is 1.24. The van der Waals surface area contributed by atoms with Crippen LogP contribution in [0.1, 0.15) is 33.4 Å². The summed E-state index contributed by atoms with van der Waals surface area (Å²) in [4.78, 5) is 14.6. The zero-order valence-corrected chi connectivity index (χ0v) is 11.3. The number of aliphatic hydroxyl groups is 1. The van der Waals surface area contributed by atoms with Crippen LogP contribution in [0.25, 0.3) is 0 Å². The molecule has 0 aliphatic rings. The number of nitrogens with one attached hydrogen (secondary N) is 1. The largest absolute Gasteiger partial charge is 0.388 e. The van der Waals surface area contributed by atoms with Gasteiger partial charge in [-0.05, 0) is 40.7 Å². The summed E-state index contributed by atoms with van der Waals surface area (Å²) >= 11 is 0. The van der Waals surface area contributed by atoms with Gasteiger partial charge in [-0.2, -0.15) is 0 Å². The fourth-order valence-electron chi connectivity index (χ4n) is 1.24. The van der Waals surface area contributed by atoms with Gasteiger partial charge in [-0.3, -0.25) is 10.1 Å². The quantitative estimate of drug-likeness (QED) is 0.634. The van der Waals surface area contributed by atoms with E-state index in [1.54, 1.807) is 40.7 Å². The highest BCUT2D eigenvalue weighted by Crippen LogP contribution is 2.30. The Hall–Kier alpha value is -1.69. The summed E-state index contributed by atoms with van der Waals surface area (Å²) in [6.07, 6.45) is 0. The monoisotopic (exact) mass is 253 g/mol. The number of hydrogen-bond acceptors (Lipinski definition) is 5. The van der Waals surface area contributed by atoms with Crippen LogP contribution in [-0.2, 0) is 0 Å². The Labute approximate surface area is 106 Å². The van der Waals surface area contributed by atoms with Gasteiger partial charge in [0.1, 0.15) is 0 Å². The van der Waals surface area contributed by atoms with E-state index in [9.17, 15) is 15.2 Å². The molecule has 0 aromatic carbocycles. The van der Waals surface area contributed by atoms with Crippen molar-refractivity contribution in [3.8, 4) is 0 Å². The van der Waals surface area contributed by atoms with Gasteiger partial charge in [-0.1, -0.05) is 0 Å². The maximum absolute atomic E-state index is 10.9. The van der Waals surface area contributed by atoms with Crippen LogP contribution >= 0.6 is 0 Å². The van der Waals surface area contributed by atoms with E-state index in [0.29, 0.717) is 5.69 Å². The molecule has 0 spiro atoms. The van der Waals surface area contributed by atoms with Crippen LogP contribution in [0.5, 0.6) is 0 Å². The lowest BCUT2D eigenvalue weighted by Crippen LogP contribution is -2.51. The van der Waals surface area contributed by atoms with Gasteiger partial charge in [-0.15, -0.1) is 0 Å². The highest BCUT2D eigenvalue weighted by atomic mass is 16.6. The minimum Gasteiger partial charge on any atom is -0.388 e. The molecule has 0 radical (unpaired) electrons. The SMILES string of the molecule is Cc1ccc([N+](=O)[O-])c(NC(C)(C)C(C)(C)O)n1. The molecule has 0 fully saturated rings. The molecule has 1 heterocycles. The Morgan fingerprint density at radius 1 is 1.33 bits per heavy atom. The molecule has 2 N–H and O–H groups in total. The normalized spacial score (nSPS) is 12.3. The first-order valence-electron chi connectivity index (χ1n) is 5.67. The van der Waals surface area contributed by atoms with Crippen LogP contribution in [0.3, 0.4) is 0 Å². The molecule has 100 valence electrons. The second-order valence-electron chi connectivity index (χ2n) is 5.39. The predicted octanol–water partition coefficient (Wildman–Crippen LogP) is 2.26. The van der Waals surface area contributed by atoms with Crippen LogP contribution in [0.2, 0.25) is 0 Å². The molecule has 0 unspecified atom stereocenters. The van der Waals surface area contributed by atoms with Gasteiger partial charge in [-0.25, -0.2) is 4.98 Å². The first kappa shape index (κ1) is 14.4. The van der Waals surface area contributed by atoms with Crippen molar-refractivity contribution in [2.24, 2.45) is 0 Å². The van der Waals surface area contributed by atoms with E-state index >= 15 is 0 Å². The van der Waals surface area contributed by atoms with Crippen LogP contribution in [0.4, 0.5) is 11.5 Å². The highest BCUT2D eigenvalue weighted by Gasteiger charge is 2.36. The third-order valence-electron chi connectivity index (χ3n) is 3.17. The molecular weight excluding hydrogens is 234 g/mol. The highest BCUT2D eigenvalue weighted by molar-refractivity contribution is 5.57. The van der Waals surface area contributed by atoms with Gasteiger partial charge in [0, 0.05) is 11.8 Å². The molecule has 18 heavy (non-hydrogen) atoms. The number of aromatic nitrogens is 1. The Morgan fingerprint density at radius 2 is 1.89 bits per heavy atom. The van der Waals surface area contributed by atoms with Crippen molar-refractivity contribution in [3.05, 3.63) is 27.9 Å². The molecule has 1 aromatic heterocycles. The smallest absolute Gasteiger partial charge is 0.311 e. The van der Waals surface area contributed by atoms with Crippen molar-refractivity contribution in [2.75, 3.05) is 5.32 Å². The molecule has 0 bridgehead atoms. The Balaban J connectivity index is 3.18. The van der Waals surface area contributed by atoms with Crippen molar-refractivity contribution >= 4 is 11.5 Å². The van der Waals surface area contributed by atoms with Gasteiger partial charge in [0.15, 0.2) is 0 Å². The van der Waals surface area contributed by atoms with Crippen molar-refractivity contribution in [1.29, 1.82) is 0 Å². The van der Waals surface area contributed by atoms with E-state index in [-0.39, 0.29) is 11.5 Å². The standard InChI is InChI=1S/C12H19N3O3/c1-8-6-7-9(15(17)18)10(13-8)14-11(2,3)12(4,5)16/h6-7,16H,1-5H3,(H,13,14). The van der Waals surface area contributed by atoms with Crippen LogP contribution in [0, 0.1) is 17.0 Å². The maximum atomic E-state index is 10.9. The molecule has 0 saturated carbocycles. The molecular formula is C12H19N3O3. The first-order valence-corrected chi connectivity index (χ1v) is 5.67.